The lowest BCUT2D eigenvalue weighted by Gasteiger charge is -2.11. The van der Waals surface area contributed by atoms with E-state index in [4.69, 9.17) is 4.74 Å². The number of hydrogen-bond acceptors (Lipinski definition) is 4. The van der Waals surface area contributed by atoms with Gasteiger partial charge in [-0.25, -0.2) is 9.97 Å². The molecule has 0 spiro atoms. The van der Waals surface area contributed by atoms with Crippen LogP contribution in [0.25, 0.3) is 0 Å². The molecule has 0 aromatic carbocycles. The molecule has 0 bridgehead atoms. The lowest BCUT2D eigenvalue weighted by Crippen LogP contribution is -2.12. The second kappa shape index (κ2) is 5.19. The van der Waals surface area contributed by atoms with E-state index in [0.717, 1.165) is 17.1 Å². The molecule has 0 aliphatic carbocycles. The van der Waals surface area contributed by atoms with Gasteiger partial charge in [-0.05, 0) is 20.8 Å². The third-order valence-corrected chi connectivity index (χ3v) is 2.39. The van der Waals surface area contributed by atoms with Gasteiger partial charge in [-0.15, -0.1) is 0 Å². The van der Waals surface area contributed by atoms with Crippen molar-refractivity contribution in [3.8, 4) is 0 Å². The Bertz CT molecular complexity index is 326. The molecule has 1 rings (SSSR count). The van der Waals surface area contributed by atoms with E-state index in [1.807, 2.05) is 13.8 Å². The number of hydrogen-bond donors (Lipinski definition) is 1. The summed E-state index contributed by atoms with van der Waals surface area (Å²) in [6.45, 7) is 5.56. The minimum absolute atomic E-state index is 0.113. The number of methoxy groups -OCH3 is 1. The molecular formula is C11H18N2O2. The molecule has 1 heterocycles. The zero-order chi connectivity index (χ0) is 11.4. The Hall–Kier alpha value is -1.00. The molecule has 0 amide bonds. The summed E-state index contributed by atoms with van der Waals surface area (Å²) in [7, 11) is 1.67. The summed E-state index contributed by atoms with van der Waals surface area (Å²) in [6, 6.07) is 0. The number of aromatic nitrogens is 2. The smallest absolute Gasteiger partial charge is 0.131 e. The van der Waals surface area contributed by atoms with E-state index in [9.17, 15) is 5.11 Å². The maximum absolute atomic E-state index is 9.42. The number of ether oxygens (including phenoxy) is 1. The summed E-state index contributed by atoms with van der Waals surface area (Å²) in [5, 5.41) is 9.42. The fourth-order valence-electron chi connectivity index (χ4n) is 1.37. The van der Waals surface area contributed by atoms with Crippen molar-refractivity contribution in [2.75, 3.05) is 7.11 Å². The molecule has 0 fully saturated rings. The van der Waals surface area contributed by atoms with Gasteiger partial charge in [0.15, 0.2) is 0 Å². The van der Waals surface area contributed by atoms with Crippen LogP contribution in [-0.4, -0.2) is 28.3 Å². The standard InChI is InChI=1S/C11H18N2O2/c1-7(15-4)5-11-12-6-10(9(3)14)8(2)13-11/h6-7,9,14H,5H2,1-4H3. The predicted octanol–water partition coefficient (Wildman–Crippen LogP) is 1.42. The van der Waals surface area contributed by atoms with Crippen LogP contribution in [0.15, 0.2) is 6.20 Å². The van der Waals surface area contributed by atoms with Crippen LogP contribution in [-0.2, 0) is 11.2 Å². The second-order valence-electron chi connectivity index (χ2n) is 3.75. The van der Waals surface area contributed by atoms with Gasteiger partial charge >= 0.3 is 0 Å². The van der Waals surface area contributed by atoms with Crippen molar-refractivity contribution < 1.29 is 9.84 Å². The number of aliphatic hydroxyl groups excluding tert-OH is 1. The Labute approximate surface area is 90.3 Å². The van der Waals surface area contributed by atoms with Gasteiger partial charge in [-0.3, -0.25) is 0 Å². The molecule has 1 N–H and O–H groups in total. The first-order valence-electron chi connectivity index (χ1n) is 5.08. The topological polar surface area (TPSA) is 55.2 Å². The molecule has 4 heteroatoms. The third kappa shape index (κ3) is 3.25. The van der Waals surface area contributed by atoms with E-state index < -0.39 is 6.10 Å². The van der Waals surface area contributed by atoms with E-state index in [1.54, 1.807) is 20.2 Å². The Morgan fingerprint density at radius 2 is 2.13 bits per heavy atom. The van der Waals surface area contributed by atoms with Crippen LogP contribution < -0.4 is 0 Å². The Balaban J connectivity index is 2.82. The fraction of sp³-hybridized carbons (Fsp3) is 0.636. The summed E-state index contributed by atoms with van der Waals surface area (Å²) < 4.78 is 5.14. The highest BCUT2D eigenvalue weighted by Gasteiger charge is 2.09. The predicted molar refractivity (Wildman–Crippen MR) is 57.6 cm³/mol. The molecule has 15 heavy (non-hydrogen) atoms. The Morgan fingerprint density at radius 1 is 1.47 bits per heavy atom. The lowest BCUT2D eigenvalue weighted by atomic mass is 10.1. The molecule has 0 aliphatic heterocycles. The van der Waals surface area contributed by atoms with Crippen molar-refractivity contribution in [2.24, 2.45) is 0 Å². The minimum atomic E-state index is -0.515. The molecule has 84 valence electrons. The average molecular weight is 210 g/mol. The van der Waals surface area contributed by atoms with Crippen molar-refractivity contribution in [1.82, 2.24) is 9.97 Å². The van der Waals surface area contributed by atoms with E-state index in [1.165, 1.54) is 0 Å². The first-order chi connectivity index (χ1) is 7.04. The van der Waals surface area contributed by atoms with E-state index in [0.29, 0.717) is 6.42 Å². The van der Waals surface area contributed by atoms with Crippen molar-refractivity contribution in [1.29, 1.82) is 0 Å². The monoisotopic (exact) mass is 210 g/mol. The van der Waals surface area contributed by atoms with Gasteiger partial charge in [-0.2, -0.15) is 0 Å². The summed E-state index contributed by atoms with van der Waals surface area (Å²) in [4.78, 5) is 8.53. The molecule has 0 saturated carbocycles. The van der Waals surface area contributed by atoms with Crippen LogP contribution in [0.3, 0.4) is 0 Å². The normalized spacial score (nSPS) is 15.0. The van der Waals surface area contributed by atoms with Crippen LogP contribution in [0.1, 0.15) is 37.0 Å². The molecule has 1 aromatic rings. The van der Waals surface area contributed by atoms with Crippen LogP contribution in [0.5, 0.6) is 0 Å². The summed E-state index contributed by atoms with van der Waals surface area (Å²) >= 11 is 0. The van der Waals surface area contributed by atoms with Crippen molar-refractivity contribution >= 4 is 0 Å². The fourth-order valence-corrected chi connectivity index (χ4v) is 1.37. The van der Waals surface area contributed by atoms with Gasteiger partial charge in [0.05, 0.1) is 12.2 Å². The first kappa shape index (κ1) is 12.1. The SMILES string of the molecule is COC(C)Cc1ncc(C(C)O)c(C)n1. The van der Waals surface area contributed by atoms with Gasteiger partial charge in [0.25, 0.3) is 0 Å². The molecule has 0 radical (unpaired) electrons. The molecule has 0 aliphatic rings. The number of aliphatic hydroxyl groups is 1. The maximum Gasteiger partial charge on any atom is 0.131 e. The molecule has 0 saturated heterocycles. The zero-order valence-electron chi connectivity index (χ0n) is 9.69. The molecular weight excluding hydrogens is 192 g/mol. The molecule has 1 aromatic heterocycles. The van der Waals surface area contributed by atoms with Gasteiger partial charge in [-0.1, -0.05) is 0 Å². The third-order valence-electron chi connectivity index (χ3n) is 2.39. The van der Waals surface area contributed by atoms with E-state index in [-0.39, 0.29) is 6.10 Å². The number of rotatable bonds is 4. The van der Waals surface area contributed by atoms with Gasteiger partial charge in [0.1, 0.15) is 5.82 Å². The van der Waals surface area contributed by atoms with E-state index >= 15 is 0 Å². The van der Waals surface area contributed by atoms with Crippen molar-refractivity contribution in [3.63, 3.8) is 0 Å². The Kier molecular flexibility index (Phi) is 4.17. The van der Waals surface area contributed by atoms with Gasteiger partial charge in [0.2, 0.25) is 0 Å². The summed E-state index contributed by atoms with van der Waals surface area (Å²) in [6.07, 6.45) is 1.97. The number of aryl methyl sites for hydroxylation is 1. The average Bonchev–Trinajstić information content (AvgIpc) is 2.17. The first-order valence-corrected chi connectivity index (χ1v) is 5.08. The zero-order valence-corrected chi connectivity index (χ0v) is 9.69. The van der Waals surface area contributed by atoms with Crippen LogP contribution >= 0.6 is 0 Å². The van der Waals surface area contributed by atoms with Crippen molar-refractivity contribution in [3.05, 3.63) is 23.3 Å². The Morgan fingerprint density at radius 3 is 2.60 bits per heavy atom. The van der Waals surface area contributed by atoms with Gasteiger partial charge < -0.3 is 9.84 Å². The maximum atomic E-state index is 9.42. The minimum Gasteiger partial charge on any atom is -0.389 e. The lowest BCUT2D eigenvalue weighted by molar-refractivity contribution is 0.117. The van der Waals surface area contributed by atoms with Crippen LogP contribution in [0.2, 0.25) is 0 Å². The highest BCUT2D eigenvalue weighted by Crippen LogP contribution is 2.14. The van der Waals surface area contributed by atoms with Crippen LogP contribution in [0.4, 0.5) is 0 Å². The van der Waals surface area contributed by atoms with Crippen molar-refractivity contribution in [2.45, 2.75) is 39.4 Å². The molecule has 2 atom stereocenters. The quantitative estimate of drug-likeness (QED) is 0.816. The highest BCUT2D eigenvalue weighted by atomic mass is 16.5. The number of nitrogens with zero attached hydrogens (tertiary/aromatic N) is 2. The van der Waals surface area contributed by atoms with E-state index in [2.05, 4.69) is 9.97 Å². The highest BCUT2D eigenvalue weighted by molar-refractivity contribution is 5.18. The summed E-state index contributed by atoms with van der Waals surface area (Å²) in [5.74, 6) is 0.756. The molecule has 2 unspecified atom stereocenters. The largest absolute Gasteiger partial charge is 0.389 e. The summed E-state index contributed by atoms with van der Waals surface area (Å²) in [5.41, 5.74) is 1.61. The van der Waals surface area contributed by atoms with Crippen LogP contribution in [0, 0.1) is 6.92 Å². The van der Waals surface area contributed by atoms with Gasteiger partial charge in [0, 0.05) is 31.0 Å². The second-order valence-corrected chi connectivity index (χ2v) is 3.75. The molecule has 4 nitrogen and oxygen atoms in total.